The van der Waals surface area contributed by atoms with E-state index in [4.69, 9.17) is 26.4 Å². The fourth-order valence-corrected chi connectivity index (χ4v) is 5.05. The Morgan fingerprint density at radius 2 is 2.00 bits per heavy atom. The quantitative estimate of drug-likeness (QED) is 0.527. The molecule has 0 saturated heterocycles. The highest BCUT2D eigenvalue weighted by molar-refractivity contribution is 6.31. The minimum absolute atomic E-state index is 0.130. The van der Waals surface area contributed by atoms with E-state index >= 15 is 0 Å². The van der Waals surface area contributed by atoms with Crippen LogP contribution in [0.4, 0.5) is 5.69 Å². The molecule has 8 nitrogen and oxygen atoms in total. The first kappa shape index (κ1) is 22.1. The molecule has 1 N–H and O–H groups in total. The third-order valence-corrected chi connectivity index (χ3v) is 6.99. The molecular formula is C24H29ClN6O2. The summed E-state index contributed by atoms with van der Waals surface area (Å²) >= 11 is 6.27. The van der Waals surface area contributed by atoms with Gasteiger partial charge in [-0.25, -0.2) is 0 Å². The minimum atomic E-state index is -0.587. The summed E-state index contributed by atoms with van der Waals surface area (Å²) in [5.41, 5.74) is 2.75. The van der Waals surface area contributed by atoms with Crippen molar-refractivity contribution in [3.05, 3.63) is 40.7 Å². The smallest absolute Gasteiger partial charge is 0.318 e. The largest absolute Gasteiger partial charge is 0.462 e. The van der Waals surface area contributed by atoms with Crippen LogP contribution in [0, 0.1) is 0 Å². The van der Waals surface area contributed by atoms with Crippen molar-refractivity contribution in [1.29, 1.82) is 0 Å². The molecule has 3 heterocycles. The number of benzene rings is 1. The molecule has 5 rings (SSSR count). The van der Waals surface area contributed by atoms with Crippen molar-refractivity contribution in [2.45, 2.75) is 51.5 Å². The lowest BCUT2D eigenvalue weighted by atomic mass is 9.95. The van der Waals surface area contributed by atoms with Crippen LogP contribution in [-0.2, 0) is 4.79 Å². The Balaban J connectivity index is 1.55. The summed E-state index contributed by atoms with van der Waals surface area (Å²) < 4.78 is 7.96. The number of nitrogens with one attached hydrogen (secondary N) is 1. The maximum Gasteiger partial charge on any atom is 0.318 e. The first-order valence-electron chi connectivity index (χ1n) is 11.8. The molecule has 1 amide bonds. The molecule has 1 atom stereocenters. The molecule has 1 aliphatic heterocycles. The Morgan fingerprint density at radius 1 is 1.21 bits per heavy atom. The maximum atomic E-state index is 13.1. The van der Waals surface area contributed by atoms with E-state index in [1.807, 2.05) is 23.0 Å². The standard InChI is InChI=1S/C24H29ClN6O2/c1-3-30(4-2)11-12-33-24-27-21(20-17-13-15(25)9-10-19(17)26-23(20)32)18-14-31(29-22(18)28-24)16-7-5-6-8-16/h9-10,13-14,16,20H,3-8,11-12H2,1-2H3,(H,26,32). The van der Waals surface area contributed by atoms with Gasteiger partial charge >= 0.3 is 6.01 Å². The van der Waals surface area contributed by atoms with Crippen LogP contribution in [0.2, 0.25) is 5.02 Å². The normalized spacial score (nSPS) is 18.3. The van der Waals surface area contributed by atoms with Crippen LogP contribution in [0.1, 0.15) is 62.7 Å². The highest BCUT2D eigenvalue weighted by Crippen LogP contribution is 2.41. The topological polar surface area (TPSA) is 85.2 Å². The van der Waals surface area contributed by atoms with Gasteiger partial charge in [-0.2, -0.15) is 15.1 Å². The number of likely N-dealkylation sites (N-methyl/N-ethyl adjacent to an activating group) is 1. The van der Waals surface area contributed by atoms with Gasteiger partial charge in [-0.05, 0) is 49.7 Å². The van der Waals surface area contributed by atoms with Gasteiger partial charge in [-0.3, -0.25) is 9.48 Å². The van der Waals surface area contributed by atoms with Gasteiger partial charge < -0.3 is 15.0 Å². The number of carbonyl (C=O) groups excluding carboxylic acids is 1. The van der Waals surface area contributed by atoms with Crippen LogP contribution in [-0.4, -0.2) is 56.8 Å². The minimum Gasteiger partial charge on any atom is -0.462 e. The van der Waals surface area contributed by atoms with Gasteiger partial charge in [-0.15, -0.1) is 0 Å². The van der Waals surface area contributed by atoms with Crippen molar-refractivity contribution in [3.63, 3.8) is 0 Å². The Hall–Kier alpha value is -2.71. The van der Waals surface area contributed by atoms with Gasteiger partial charge in [-0.1, -0.05) is 38.3 Å². The molecule has 0 radical (unpaired) electrons. The molecule has 1 saturated carbocycles. The number of aromatic nitrogens is 4. The lowest BCUT2D eigenvalue weighted by Crippen LogP contribution is -2.28. The SMILES string of the molecule is CCN(CC)CCOc1nc(C2C(=O)Nc3ccc(Cl)cc32)c2cn(C3CCCC3)nc2n1. The molecule has 1 fully saturated rings. The lowest BCUT2D eigenvalue weighted by Gasteiger charge is -2.17. The number of fused-ring (bicyclic) bond motifs is 2. The summed E-state index contributed by atoms with van der Waals surface area (Å²) in [6, 6.07) is 6.05. The summed E-state index contributed by atoms with van der Waals surface area (Å²) in [6.07, 6.45) is 6.61. The summed E-state index contributed by atoms with van der Waals surface area (Å²) in [4.78, 5) is 24.7. The average molecular weight is 469 g/mol. The summed E-state index contributed by atoms with van der Waals surface area (Å²) in [7, 11) is 0. The number of amides is 1. The molecule has 174 valence electrons. The van der Waals surface area contributed by atoms with Crippen molar-refractivity contribution in [2.24, 2.45) is 0 Å². The van der Waals surface area contributed by atoms with Gasteiger partial charge in [0.1, 0.15) is 12.5 Å². The van der Waals surface area contributed by atoms with Crippen molar-refractivity contribution in [1.82, 2.24) is 24.6 Å². The molecule has 33 heavy (non-hydrogen) atoms. The van der Waals surface area contributed by atoms with Gasteiger partial charge in [0.25, 0.3) is 0 Å². The summed E-state index contributed by atoms with van der Waals surface area (Å²) in [5, 5.41) is 9.10. The molecular weight excluding hydrogens is 440 g/mol. The summed E-state index contributed by atoms with van der Waals surface area (Å²) in [6.45, 7) is 7.41. The summed E-state index contributed by atoms with van der Waals surface area (Å²) in [5.74, 6) is -0.717. The van der Waals surface area contributed by atoms with Crippen LogP contribution >= 0.6 is 11.6 Å². The first-order chi connectivity index (χ1) is 16.1. The number of anilines is 1. The van der Waals surface area contributed by atoms with Crippen LogP contribution in [0.5, 0.6) is 6.01 Å². The predicted octanol–water partition coefficient (Wildman–Crippen LogP) is 4.40. The molecule has 1 aromatic carbocycles. The van der Waals surface area contributed by atoms with Crippen LogP contribution in [0.3, 0.4) is 0 Å². The zero-order chi connectivity index (χ0) is 22.9. The maximum absolute atomic E-state index is 13.1. The van der Waals surface area contributed by atoms with E-state index in [2.05, 4.69) is 29.0 Å². The lowest BCUT2D eigenvalue weighted by molar-refractivity contribution is -0.116. The second-order valence-electron chi connectivity index (χ2n) is 8.71. The van der Waals surface area contributed by atoms with E-state index in [0.29, 0.717) is 29.0 Å². The van der Waals surface area contributed by atoms with E-state index in [1.54, 1.807) is 6.07 Å². The second kappa shape index (κ2) is 9.27. The third kappa shape index (κ3) is 4.29. The fraction of sp³-hybridized carbons (Fsp3) is 0.500. The average Bonchev–Trinajstić information content (AvgIpc) is 3.54. The second-order valence-corrected chi connectivity index (χ2v) is 9.14. The highest BCUT2D eigenvalue weighted by Gasteiger charge is 2.36. The number of ether oxygens (including phenoxy) is 1. The molecule has 1 aliphatic carbocycles. The van der Waals surface area contributed by atoms with Gasteiger partial charge in [0.2, 0.25) is 5.91 Å². The third-order valence-electron chi connectivity index (χ3n) is 6.76. The van der Waals surface area contributed by atoms with Crippen molar-refractivity contribution >= 4 is 34.2 Å². The first-order valence-corrected chi connectivity index (χ1v) is 12.2. The number of halogens is 1. The fourth-order valence-electron chi connectivity index (χ4n) is 4.87. The number of hydrogen-bond donors (Lipinski definition) is 1. The van der Waals surface area contributed by atoms with Crippen molar-refractivity contribution < 1.29 is 9.53 Å². The Bertz CT molecular complexity index is 1170. The Kier molecular flexibility index (Phi) is 6.21. The van der Waals surface area contributed by atoms with Crippen LogP contribution in [0.25, 0.3) is 11.0 Å². The van der Waals surface area contributed by atoms with Gasteiger partial charge in [0.05, 0.1) is 17.1 Å². The number of rotatable bonds is 8. The predicted molar refractivity (Wildman–Crippen MR) is 128 cm³/mol. The van der Waals surface area contributed by atoms with E-state index in [9.17, 15) is 4.79 Å². The molecule has 0 spiro atoms. The van der Waals surface area contributed by atoms with Crippen molar-refractivity contribution in [3.8, 4) is 6.01 Å². The highest BCUT2D eigenvalue weighted by atomic mass is 35.5. The number of hydrogen-bond acceptors (Lipinski definition) is 6. The Labute approximate surface area is 198 Å². The van der Waals surface area contributed by atoms with E-state index in [0.717, 1.165) is 49.1 Å². The van der Waals surface area contributed by atoms with E-state index in [-0.39, 0.29) is 11.9 Å². The van der Waals surface area contributed by atoms with Crippen molar-refractivity contribution in [2.75, 3.05) is 31.6 Å². The van der Waals surface area contributed by atoms with E-state index < -0.39 is 5.92 Å². The monoisotopic (exact) mass is 468 g/mol. The molecule has 0 bridgehead atoms. The van der Waals surface area contributed by atoms with E-state index in [1.165, 1.54) is 12.8 Å². The molecule has 2 aliphatic rings. The Morgan fingerprint density at radius 3 is 2.76 bits per heavy atom. The number of carbonyl (C=O) groups is 1. The number of nitrogens with zero attached hydrogens (tertiary/aromatic N) is 5. The zero-order valence-corrected chi connectivity index (χ0v) is 19.8. The molecule has 9 heteroatoms. The molecule has 1 unspecified atom stereocenters. The van der Waals surface area contributed by atoms with Crippen LogP contribution < -0.4 is 10.1 Å². The zero-order valence-electron chi connectivity index (χ0n) is 19.1. The van der Waals surface area contributed by atoms with Crippen LogP contribution in [0.15, 0.2) is 24.4 Å². The van der Waals surface area contributed by atoms with Gasteiger partial charge in [0, 0.05) is 23.5 Å². The molecule has 2 aromatic heterocycles. The van der Waals surface area contributed by atoms with Gasteiger partial charge in [0.15, 0.2) is 5.65 Å². The molecule has 3 aromatic rings.